The second-order valence-electron chi connectivity index (χ2n) is 6.74. The molecule has 172 valence electrons. The number of alkyl halides is 3. The van der Waals surface area contributed by atoms with Crippen molar-refractivity contribution in [3.63, 3.8) is 0 Å². The Kier molecular flexibility index (Phi) is 7.49. The molecule has 6 nitrogen and oxygen atoms in total. The lowest BCUT2D eigenvalue weighted by molar-refractivity contribution is -0.139. The van der Waals surface area contributed by atoms with Crippen LogP contribution in [0.15, 0.2) is 60.0 Å². The molecular formula is C23H19F3N2O4S. The van der Waals surface area contributed by atoms with Crippen molar-refractivity contribution in [2.75, 3.05) is 12.0 Å². The molecule has 3 rings (SSSR count). The number of rotatable bonds is 7. The topological polar surface area (TPSA) is 68.7 Å². The van der Waals surface area contributed by atoms with E-state index in [-0.39, 0.29) is 17.4 Å². The lowest BCUT2D eigenvalue weighted by atomic mass is 10.2. The van der Waals surface area contributed by atoms with E-state index in [0.29, 0.717) is 11.4 Å². The molecule has 33 heavy (non-hydrogen) atoms. The molecule has 0 atom stereocenters. The van der Waals surface area contributed by atoms with Crippen LogP contribution in [0.5, 0.6) is 5.75 Å². The largest absolute Gasteiger partial charge is 0.497 e. The second kappa shape index (κ2) is 10.3. The molecule has 0 aliphatic heterocycles. The van der Waals surface area contributed by atoms with Crippen LogP contribution in [0, 0.1) is 0 Å². The molecule has 1 aromatic heterocycles. The first kappa shape index (κ1) is 24.0. The number of methoxy groups -OCH3 is 1. The molecule has 0 saturated carbocycles. The van der Waals surface area contributed by atoms with E-state index in [4.69, 9.17) is 9.47 Å². The predicted molar refractivity (Wildman–Crippen MR) is 118 cm³/mol. The van der Waals surface area contributed by atoms with Gasteiger partial charge < -0.3 is 9.47 Å². The molecule has 1 amide bonds. The van der Waals surface area contributed by atoms with E-state index in [9.17, 15) is 22.8 Å². The monoisotopic (exact) mass is 476 g/mol. The second-order valence-corrected chi connectivity index (χ2v) is 7.57. The number of hydrogen-bond acceptors (Lipinski definition) is 6. The Balaban J connectivity index is 1.67. The summed E-state index contributed by atoms with van der Waals surface area (Å²) >= 11 is 1.05. The minimum Gasteiger partial charge on any atom is -0.497 e. The summed E-state index contributed by atoms with van der Waals surface area (Å²) in [4.78, 5) is 29.5. The number of aromatic nitrogens is 1. The highest BCUT2D eigenvalue weighted by Crippen LogP contribution is 2.35. The number of ether oxygens (including phenoxy) is 2. The van der Waals surface area contributed by atoms with E-state index in [1.54, 1.807) is 42.8 Å². The third kappa shape index (κ3) is 6.42. The van der Waals surface area contributed by atoms with Crippen LogP contribution in [0.4, 0.5) is 24.0 Å². The summed E-state index contributed by atoms with van der Waals surface area (Å²) in [5, 5.41) is 1.74. The normalized spacial score (nSPS) is 11.4. The number of anilines is 2. The van der Waals surface area contributed by atoms with Crippen molar-refractivity contribution in [1.29, 1.82) is 0 Å². The van der Waals surface area contributed by atoms with Crippen molar-refractivity contribution in [3.05, 3.63) is 76.8 Å². The van der Waals surface area contributed by atoms with Crippen LogP contribution in [-0.4, -0.2) is 24.0 Å². The zero-order valence-electron chi connectivity index (χ0n) is 17.6. The highest BCUT2D eigenvalue weighted by molar-refractivity contribution is 7.14. The maximum absolute atomic E-state index is 13.0. The van der Waals surface area contributed by atoms with E-state index in [0.717, 1.165) is 33.9 Å². The Morgan fingerprint density at radius 2 is 1.88 bits per heavy atom. The molecule has 2 aromatic carbocycles. The average Bonchev–Trinajstić information content (AvgIpc) is 3.24. The maximum atomic E-state index is 13.0. The molecule has 0 bridgehead atoms. The Morgan fingerprint density at radius 1 is 1.15 bits per heavy atom. The quantitative estimate of drug-likeness (QED) is 0.327. The zero-order chi connectivity index (χ0) is 24.0. The summed E-state index contributed by atoms with van der Waals surface area (Å²) < 4.78 is 49.4. The summed E-state index contributed by atoms with van der Waals surface area (Å²) in [6.45, 7) is 1.07. The Hall–Kier alpha value is -3.66. The van der Waals surface area contributed by atoms with Crippen LogP contribution in [-0.2, 0) is 27.1 Å². The fraction of sp³-hybridized carbons (Fsp3) is 0.174. The minimum absolute atomic E-state index is 0.0395. The van der Waals surface area contributed by atoms with Crippen molar-refractivity contribution in [2.45, 2.75) is 19.7 Å². The third-order valence-electron chi connectivity index (χ3n) is 4.37. The SMILES string of the molecule is COc1ccc(/C=C/C(=O)OCc2csc(N(C(C)=O)c3cccc(C(F)(F)F)c3)n2)cc1. The number of halogens is 3. The first-order chi connectivity index (χ1) is 15.7. The van der Waals surface area contributed by atoms with Gasteiger partial charge in [0.15, 0.2) is 5.13 Å². The molecule has 1 heterocycles. The van der Waals surface area contributed by atoms with Gasteiger partial charge in [-0.3, -0.25) is 9.69 Å². The molecule has 0 aliphatic carbocycles. The lowest BCUT2D eigenvalue weighted by Gasteiger charge is -2.19. The van der Waals surface area contributed by atoms with Crippen molar-refractivity contribution in [1.82, 2.24) is 4.98 Å². The number of carbonyl (C=O) groups excluding carboxylic acids is 2. The van der Waals surface area contributed by atoms with Crippen molar-refractivity contribution < 1.29 is 32.2 Å². The van der Waals surface area contributed by atoms with Crippen LogP contribution in [0.3, 0.4) is 0 Å². The van der Waals surface area contributed by atoms with Gasteiger partial charge in [-0.1, -0.05) is 18.2 Å². The van der Waals surface area contributed by atoms with Gasteiger partial charge in [0.25, 0.3) is 0 Å². The summed E-state index contributed by atoms with van der Waals surface area (Å²) in [6.07, 6.45) is -1.70. The molecule has 0 saturated heterocycles. The predicted octanol–water partition coefficient (Wildman–Crippen LogP) is 5.61. The number of carbonyl (C=O) groups is 2. The van der Waals surface area contributed by atoms with Gasteiger partial charge in [-0.15, -0.1) is 11.3 Å². The lowest BCUT2D eigenvalue weighted by Crippen LogP contribution is -2.23. The van der Waals surface area contributed by atoms with E-state index < -0.39 is 23.6 Å². The van der Waals surface area contributed by atoms with E-state index >= 15 is 0 Å². The van der Waals surface area contributed by atoms with E-state index in [1.807, 2.05) is 0 Å². The van der Waals surface area contributed by atoms with Gasteiger partial charge in [0, 0.05) is 18.4 Å². The Bertz CT molecular complexity index is 1160. The van der Waals surface area contributed by atoms with Gasteiger partial charge in [0.2, 0.25) is 5.91 Å². The van der Waals surface area contributed by atoms with Crippen LogP contribution < -0.4 is 9.64 Å². The van der Waals surface area contributed by atoms with Gasteiger partial charge in [-0.05, 0) is 42.0 Å². The molecule has 3 aromatic rings. The number of hydrogen-bond donors (Lipinski definition) is 0. The van der Waals surface area contributed by atoms with Gasteiger partial charge in [-0.2, -0.15) is 13.2 Å². The molecule has 0 fully saturated rings. The Morgan fingerprint density at radius 3 is 2.52 bits per heavy atom. The highest BCUT2D eigenvalue weighted by Gasteiger charge is 2.31. The van der Waals surface area contributed by atoms with Crippen molar-refractivity contribution in [2.24, 2.45) is 0 Å². The van der Waals surface area contributed by atoms with Crippen molar-refractivity contribution in [3.8, 4) is 5.75 Å². The molecule has 0 N–H and O–H groups in total. The number of esters is 1. The molecule has 10 heteroatoms. The maximum Gasteiger partial charge on any atom is 0.416 e. The van der Waals surface area contributed by atoms with Gasteiger partial charge in [0.05, 0.1) is 24.1 Å². The van der Waals surface area contributed by atoms with Crippen LogP contribution >= 0.6 is 11.3 Å². The molecule has 0 spiro atoms. The van der Waals surface area contributed by atoms with Crippen LogP contribution in [0.25, 0.3) is 6.08 Å². The smallest absolute Gasteiger partial charge is 0.416 e. The minimum atomic E-state index is -4.54. The van der Waals surface area contributed by atoms with Crippen LogP contribution in [0.1, 0.15) is 23.7 Å². The van der Waals surface area contributed by atoms with E-state index in [1.165, 1.54) is 25.1 Å². The van der Waals surface area contributed by atoms with Crippen LogP contribution in [0.2, 0.25) is 0 Å². The first-order valence-corrected chi connectivity index (χ1v) is 10.5. The number of nitrogens with zero attached hydrogens (tertiary/aromatic N) is 2. The zero-order valence-corrected chi connectivity index (χ0v) is 18.4. The average molecular weight is 476 g/mol. The number of benzene rings is 2. The molecule has 0 radical (unpaired) electrons. The summed E-state index contributed by atoms with van der Waals surface area (Å²) in [5.41, 5.74) is 0.305. The number of amides is 1. The summed E-state index contributed by atoms with van der Waals surface area (Å²) in [5.74, 6) is -0.407. The summed E-state index contributed by atoms with van der Waals surface area (Å²) in [6, 6.07) is 11.5. The Labute approximate surface area is 191 Å². The third-order valence-corrected chi connectivity index (χ3v) is 5.24. The fourth-order valence-corrected chi connectivity index (χ4v) is 3.66. The summed E-state index contributed by atoms with van der Waals surface area (Å²) in [7, 11) is 1.56. The number of thiazole rings is 1. The van der Waals surface area contributed by atoms with Crippen molar-refractivity contribution >= 4 is 40.1 Å². The molecule has 0 unspecified atom stereocenters. The molecule has 0 aliphatic rings. The van der Waals surface area contributed by atoms with Gasteiger partial charge in [0.1, 0.15) is 12.4 Å². The van der Waals surface area contributed by atoms with E-state index in [2.05, 4.69) is 4.98 Å². The molecular weight excluding hydrogens is 457 g/mol. The fourth-order valence-electron chi connectivity index (χ4n) is 2.79. The highest BCUT2D eigenvalue weighted by atomic mass is 32.1. The standard InChI is InChI=1S/C23H19F3N2O4S/c1-15(29)28(19-5-3-4-17(12-19)23(24,25)26)22-27-18(14-33-22)13-32-21(30)11-8-16-6-9-20(31-2)10-7-16/h3-12,14H,13H2,1-2H3/b11-8+. The van der Waals surface area contributed by atoms with Gasteiger partial charge in [-0.25, -0.2) is 9.78 Å². The first-order valence-electron chi connectivity index (χ1n) is 9.58. The van der Waals surface area contributed by atoms with Gasteiger partial charge >= 0.3 is 12.1 Å².